The molecule has 1 aliphatic rings. The third-order valence-corrected chi connectivity index (χ3v) is 4.71. The number of hydrogen-bond acceptors (Lipinski definition) is 3. The molecular weight excluding hydrogens is 302 g/mol. The van der Waals surface area contributed by atoms with Gasteiger partial charge in [-0.3, -0.25) is 4.79 Å². The number of nitrogens with zero attached hydrogens (tertiary/aromatic N) is 1. The molecule has 0 radical (unpaired) electrons. The molecule has 1 aromatic carbocycles. The lowest BCUT2D eigenvalue weighted by molar-refractivity contribution is -0.119. The predicted molar refractivity (Wildman–Crippen MR) is 93.7 cm³/mol. The smallest absolute Gasteiger partial charge is 0.217 e. The number of rotatable bonds is 6. The van der Waals surface area contributed by atoms with E-state index >= 15 is 0 Å². The Balaban J connectivity index is 1.47. The van der Waals surface area contributed by atoms with Crippen LogP contribution in [0.3, 0.4) is 0 Å². The van der Waals surface area contributed by atoms with Crippen molar-refractivity contribution in [1.29, 1.82) is 0 Å². The topological polar surface area (TPSA) is 67.0 Å². The highest BCUT2D eigenvalue weighted by atomic mass is 16.5. The third kappa shape index (κ3) is 4.37. The summed E-state index contributed by atoms with van der Waals surface area (Å²) < 4.78 is 6.04. The maximum absolute atomic E-state index is 11.1. The lowest BCUT2D eigenvalue weighted by atomic mass is 9.84. The molecule has 1 saturated carbocycles. The molecule has 1 heterocycles. The second kappa shape index (κ2) is 7.99. The number of benzene rings is 1. The Morgan fingerprint density at radius 2 is 2.08 bits per heavy atom. The minimum absolute atomic E-state index is 0.0807. The summed E-state index contributed by atoms with van der Waals surface area (Å²) in [6.07, 6.45) is 9.03. The standard InChI is InChI=1S/C19H25N3O2/c1-14(23)22-16-8-6-15(7-9-16)10-11-24-19-5-3-2-4-17(19)18-12-20-13-21-18/h2-5,12-13,15-16H,6-11H2,1H3,(H,20,21)(H,22,23). The van der Waals surface area contributed by atoms with Crippen LogP contribution in [0.1, 0.15) is 39.0 Å². The fourth-order valence-electron chi connectivity index (χ4n) is 3.44. The molecule has 1 amide bonds. The molecule has 1 fully saturated rings. The molecule has 1 aliphatic carbocycles. The Bertz CT molecular complexity index is 646. The van der Waals surface area contributed by atoms with Crippen LogP contribution in [0.15, 0.2) is 36.8 Å². The van der Waals surface area contributed by atoms with E-state index in [4.69, 9.17) is 4.74 Å². The van der Waals surface area contributed by atoms with Crippen LogP contribution < -0.4 is 10.1 Å². The van der Waals surface area contributed by atoms with E-state index in [2.05, 4.69) is 15.3 Å². The first-order valence-corrected chi connectivity index (χ1v) is 8.70. The van der Waals surface area contributed by atoms with Crippen LogP contribution in [0.2, 0.25) is 0 Å². The zero-order chi connectivity index (χ0) is 16.8. The molecule has 0 bridgehead atoms. The van der Waals surface area contributed by atoms with Crippen LogP contribution in [0.5, 0.6) is 5.75 Å². The van der Waals surface area contributed by atoms with Crippen molar-refractivity contribution < 1.29 is 9.53 Å². The largest absolute Gasteiger partial charge is 0.493 e. The number of aromatic nitrogens is 2. The van der Waals surface area contributed by atoms with E-state index in [0.29, 0.717) is 12.0 Å². The molecule has 0 saturated heterocycles. The quantitative estimate of drug-likeness (QED) is 0.853. The van der Waals surface area contributed by atoms with Crippen molar-refractivity contribution in [3.8, 4) is 17.0 Å². The SMILES string of the molecule is CC(=O)NC1CCC(CCOc2ccccc2-c2cnc[nH]2)CC1. The highest BCUT2D eigenvalue weighted by molar-refractivity contribution is 5.73. The van der Waals surface area contributed by atoms with Crippen LogP contribution in [0.25, 0.3) is 11.3 Å². The number of imidazole rings is 1. The number of amides is 1. The summed E-state index contributed by atoms with van der Waals surface area (Å²) >= 11 is 0. The summed E-state index contributed by atoms with van der Waals surface area (Å²) in [5, 5.41) is 3.03. The molecule has 1 aromatic heterocycles. The summed E-state index contributed by atoms with van der Waals surface area (Å²) in [6, 6.07) is 8.41. The Morgan fingerprint density at radius 3 is 2.79 bits per heavy atom. The first-order valence-electron chi connectivity index (χ1n) is 8.70. The van der Waals surface area contributed by atoms with E-state index in [9.17, 15) is 4.79 Å². The van der Waals surface area contributed by atoms with Gasteiger partial charge in [0.2, 0.25) is 5.91 Å². The maximum atomic E-state index is 11.1. The Labute approximate surface area is 142 Å². The molecule has 0 aliphatic heterocycles. The molecule has 5 heteroatoms. The number of carbonyl (C=O) groups is 1. The van der Waals surface area contributed by atoms with E-state index in [-0.39, 0.29) is 5.91 Å². The Morgan fingerprint density at radius 1 is 1.29 bits per heavy atom. The molecule has 5 nitrogen and oxygen atoms in total. The molecule has 2 N–H and O–H groups in total. The van der Waals surface area contributed by atoms with Gasteiger partial charge in [0.05, 0.1) is 24.8 Å². The summed E-state index contributed by atoms with van der Waals surface area (Å²) in [5.74, 6) is 1.67. The minimum Gasteiger partial charge on any atom is -0.493 e. The lowest BCUT2D eigenvalue weighted by Crippen LogP contribution is -2.36. The van der Waals surface area contributed by atoms with Crippen LogP contribution in [-0.4, -0.2) is 28.5 Å². The van der Waals surface area contributed by atoms with Crippen molar-refractivity contribution in [3.63, 3.8) is 0 Å². The van der Waals surface area contributed by atoms with Gasteiger partial charge >= 0.3 is 0 Å². The van der Waals surface area contributed by atoms with Gasteiger partial charge in [-0.15, -0.1) is 0 Å². The van der Waals surface area contributed by atoms with Gasteiger partial charge in [0.1, 0.15) is 5.75 Å². The van der Waals surface area contributed by atoms with Gasteiger partial charge in [-0.1, -0.05) is 12.1 Å². The van der Waals surface area contributed by atoms with Gasteiger partial charge in [-0.25, -0.2) is 4.98 Å². The maximum Gasteiger partial charge on any atom is 0.217 e. The van der Waals surface area contributed by atoms with Crippen LogP contribution >= 0.6 is 0 Å². The predicted octanol–water partition coefficient (Wildman–Crippen LogP) is 3.54. The van der Waals surface area contributed by atoms with E-state index in [1.807, 2.05) is 30.5 Å². The molecule has 0 unspecified atom stereocenters. The van der Waals surface area contributed by atoms with E-state index in [0.717, 1.165) is 55.7 Å². The summed E-state index contributed by atoms with van der Waals surface area (Å²) in [6.45, 7) is 2.32. The molecule has 3 rings (SSSR count). The van der Waals surface area contributed by atoms with Gasteiger partial charge in [0, 0.05) is 18.5 Å². The lowest BCUT2D eigenvalue weighted by Gasteiger charge is -2.28. The third-order valence-electron chi connectivity index (χ3n) is 4.71. The molecule has 24 heavy (non-hydrogen) atoms. The number of para-hydroxylation sites is 1. The average molecular weight is 327 g/mol. The number of carbonyl (C=O) groups excluding carboxylic acids is 1. The van der Waals surface area contributed by atoms with Crippen LogP contribution in [0, 0.1) is 5.92 Å². The van der Waals surface area contributed by atoms with Crippen molar-refractivity contribution in [3.05, 3.63) is 36.8 Å². The molecular formula is C19H25N3O2. The zero-order valence-corrected chi connectivity index (χ0v) is 14.1. The van der Waals surface area contributed by atoms with Gasteiger partial charge in [0.15, 0.2) is 0 Å². The Hall–Kier alpha value is -2.30. The van der Waals surface area contributed by atoms with Gasteiger partial charge in [-0.05, 0) is 50.2 Å². The van der Waals surface area contributed by atoms with Crippen LogP contribution in [-0.2, 0) is 4.79 Å². The fourth-order valence-corrected chi connectivity index (χ4v) is 3.44. The number of hydrogen-bond donors (Lipinski definition) is 2. The molecule has 2 aromatic rings. The average Bonchev–Trinajstić information content (AvgIpc) is 3.11. The molecule has 0 atom stereocenters. The van der Waals surface area contributed by atoms with Gasteiger partial charge < -0.3 is 15.0 Å². The van der Waals surface area contributed by atoms with Crippen molar-refractivity contribution in [2.45, 2.75) is 45.1 Å². The van der Waals surface area contributed by atoms with Crippen molar-refractivity contribution in [1.82, 2.24) is 15.3 Å². The summed E-state index contributed by atoms with van der Waals surface area (Å²) in [4.78, 5) is 18.3. The van der Waals surface area contributed by atoms with Crippen molar-refractivity contribution in [2.24, 2.45) is 5.92 Å². The normalized spacial score (nSPS) is 20.5. The van der Waals surface area contributed by atoms with Crippen molar-refractivity contribution >= 4 is 5.91 Å². The first kappa shape index (κ1) is 16.6. The van der Waals surface area contributed by atoms with Crippen LogP contribution in [0.4, 0.5) is 0 Å². The molecule has 0 spiro atoms. The van der Waals surface area contributed by atoms with Gasteiger partial charge in [0.25, 0.3) is 0 Å². The molecule has 128 valence electrons. The number of H-pyrrole nitrogens is 1. The fraction of sp³-hybridized carbons (Fsp3) is 0.474. The van der Waals surface area contributed by atoms with Crippen molar-refractivity contribution in [2.75, 3.05) is 6.61 Å². The van der Waals surface area contributed by atoms with E-state index in [1.165, 1.54) is 0 Å². The summed E-state index contributed by atoms with van der Waals surface area (Å²) in [5.41, 5.74) is 2.02. The number of aromatic amines is 1. The first-order chi connectivity index (χ1) is 11.7. The second-order valence-corrected chi connectivity index (χ2v) is 6.52. The monoisotopic (exact) mass is 327 g/mol. The highest BCUT2D eigenvalue weighted by Crippen LogP contribution is 2.30. The highest BCUT2D eigenvalue weighted by Gasteiger charge is 2.21. The Kier molecular flexibility index (Phi) is 5.51. The number of nitrogens with one attached hydrogen (secondary N) is 2. The van der Waals surface area contributed by atoms with Gasteiger partial charge in [-0.2, -0.15) is 0 Å². The minimum atomic E-state index is 0.0807. The second-order valence-electron chi connectivity index (χ2n) is 6.52. The zero-order valence-electron chi connectivity index (χ0n) is 14.1. The van der Waals surface area contributed by atoms with E-state index in [1.54, 1.807) is 13.3 Å². The van der Waals surface area contributed by atoms with E-state index < -0.39 is 0 Å². The summed E-state index contributed by atoms with van der Waals surface area (Å²) in [7, 11) is 0. The number of ether oxygens (including phenoxy) is 1.